The van der Waals surface area contributed by atoms with E-state index in [2.05, 4.69) is 5.32 Å². The molecule has 0 aliphatic rings. The summed E-state index contributed by atoms with van der Waals surface area (Å²) in [6.45, 7) is 2.42. The van der Waals surface area contributed by atoms with Gasteiger partial charge in [-0.05, 0) is 41.8 Å². The molecule has 35 heavy (non-hydrogen) atoms. The number of thiophene rings is 1. The van der Waals surface area contributed by atoms with Crippen molar-refractivity contribution in [3.05, 3.63) is 113 Å². The Morgan fingerprint density at radius 1 is 0.914 bits per heavy atom. The fourth-order valence-electron chi connectivity index (χ4n) is 3.62. The zero-order valence-corrected chi connectivity index (χ0v) is 20.3. The number of nitrogens with one attached hydrogen (secondary N) is 1. The number of benzene rings is 3. The van der Waals surface area contributed by atoms with Crippen molar-refractivity contribution in [2.24, 2.45) is 0 Å². The van der Waals surface area contributed by atoms with E-state index in [0.717, 1.165) is 32.9 Å². The second-order valence-corrected chi connectivity index (χ2v) is 8.99. The Balaban J connectivity index is 1.44. The lowest BCUT2D eigenvalue weighted by molar-refractivity contribution is -0.111. The molecule has 6 heteroatoms. The highest BCUT2D eigenvalue weighted by Gasteiger charge is 2.24. The highest BCUT2D eigenvalue weighted by atomic mass is 32.1. The van der Waals surface area contributed by atoms with Crippen LogP contribution in [0.4, 0.5) is 5.00 Å². The summed E-state index contributed by atoms with van der Waals surface area (Å²) < 4.78 is 10.8. The molecular weight excluding hydrogens is 458 g/mol. The smallest absolute Gasteiger partial charge is 0.341 e. The van der Waals surface area contributed by atoms with Gasteiger partial charge in [-0.3, -0.25) is 4.79 Å². The number of carbonyl (C=O) groups excluding carboxylic acids is 2. The molecule has 0 aliphatic carbocycles. The lowest BCUT2D eigenvalue weighted by Gasteiger charge is -2.07. The molecule has 1 N–H and O–H groups in total. The molecule has 0 saturated heterocycles. The first-order valence-electron chi connectivity index (χ1n) is 11.1. The lowest BCUT2D eigenvalue weighted by atomic mass is 10.0. The zero-order valence-electron chi connectivity index (χ0n) is 19.5. The van der Waals surface area contributed by atoms with Crippen molar-refractivity contribution in [3.8, 4) is 16.9 Å². The van der Waals surface area contributed by atoms with Gasteiger partial charge in [0.1, 0.15) is 22.9 Å². The number of amides is 1. The minimum Gasteiger partial charge on any atom is -0.489 e. The van der Waals surface area contributed by atoms with Crippen LogP contribution in [0.5, 0.6) is 5.75 Å². The van der Waals surface area contributed by atoms with Crippen LogP contribution in [0.25, 0.3) is 17.2 Å². The maximum atomic E-state index is 12.7. The predicted molar refractivity (Wildman–Crippen MR) is 141 cm³/mol. The first kappa shape index (κ1) is 24.0. The van der Waals surface area contributed by atoms with Crippen LogP contribution < -0.4 is 10.1 Å². The van der Waals surface area contributed by atoms with E-state index in [1.54, 1.807) is 6.08 Å². The Morgan fingerprint density at radius 3 is 2.23 bits per heavy atom. The number of aryl methyl sites for hydroxylation is 1. The molecule has 0 unspecified atom stereocenters. The summed E-state index contributed by atoms with van der Waals surface area (Å²) in [5.41, 5.74) is 3.98. The third-order valence-corrected chi connectivity index (χ3v) is 6.35. The molecular formula is C29H25NO4S. The van der Waals surface area contributed by atoms with Crippen molar-refractivity contribution >= 4 is 34.3 Å². The molecule has 176 valence electrons. The second-order valence-electron chi connectivity index (χ2n) is 7.76. The van der Waals surface area contributed by atoms with Gasteiger partial charge in [0.05, 0.1) is 7.11 Å². The number of hydrogen-bond acceptors (Lipinski definition) is 5. The van der Waals surface area contributed by atoms with E-state index in [0.29, 0.717) is 17.2 Å². The molecule has 4 rings (SSSR count). The second kappa shape index (κ2) is 11.3. The van der Waals surface area contributed by atoms with Gasteiger partial charge in [0, 0.05) is 16.5 Å². The van der Waals surface area contributed by atoms with Crippen molar-refractivity contribution < 1.29 is 19.1 Å². The summed E-state index contributed by atoms with van der Waals surface area (Å²) in [6.07, 6.45) is 3.16. The van der Waals surface area contributed by atoms with E-state index < -0.39 is 5.97 Å². The fraction of sp³-hybridized carbons (Fsp3) is 0.103. The molecule has 5 nitrogen and oxygen atoms in total. The first-order valence-corrected chi connectivity index (χ1v) is 11.9. The summed E-state index contributed by atoms with van der Waals surface area (Å²) in [4.78, 5) is 26.2. The van der Waals surface area contributed by atoms with Gasteiger partial charge in [-0.2, -0.15) is 0 Å². The Morgan fingerprint density at radius 2 is 1.57 bits per heavy atom. The summed E-state index contributed by atoms with van der Waals surface area (Å²) in [7, 11) is 1.34. The van der Waals surface area contributed by atoms with E-state index in [9.17, 15) is 9.59 Å². The lowest BCUT2D eigenvalue weighted by Crippen LogP contribution is -2.11. The standard InChI is InChI=1S/C29H25NO4S/c1-20-26(23-11-7-4-8-12-23)27(29(32)33-2)28(35-20)30-25(31)18-15-21-13-16-24(17-14-21)34-19-22-9-5-3-6-10-22/h3-18H,19H2,1-2H3,(H,30,31)/b18-15+. The summed E-state index contributed by atoms with van der Waals surface area (Å²) in [5, 5.41) is 3.31. The predicted octanol–water partition coefficient (Wildman–Crippen LogP) is 6.74. The topological polar surface area (TPSA) is 64.6 Å². The van der Waals surface area contributed by atoms with Gasteiger partial charge in [-0.1, -0.05) is 72.8 Å². The largest absolute Gasteiger partial charge is 0.489 e. The van der Waals surface area contributed by atoms with Crippen LogP contribution >= 0.6 is 11.3 Å². The molecule has 0 aliphatic heterocycles. The third kappa shape index (κ3) is 6.05. The van der Waals surface area contributed by atoms with E-state index >= 15 is 0 Å². The minimum atomic E-state index is -0.487. The van der Waals surface area contributed by atoms with Gasteiger partial charge in [-0.25, -0.2) is 4.79 Å². The average molecular weight is 484 g/mol. The van der Waals surface area contributed by atoms with Crippen LogP contribution in [0.3, 0.4) is 0 Å². The molecule has 0 spiro atoms. The Hall–Kier alpha value is -4.16. The Bertz CT molecular complexity index is 1330. The minimum absolute atomic E-state index is 0.333. The highest BCUT2D eigenvalue weighted by molar-refractivity contribution is 7.17. The number of carbonyl (C=O) groups is 2. The van der Waals surface area contributed by atoms with Gasteiger partial charge in [0.15, 0.2) is 0 Å². The number of esters is 1. The van der Waals surface area contributed by atoms with Crippen LogP contribution in [-0.2, 0) is 16.1 Å². The third-order valence-electron chi connectivity index (χ3n) is 5.33. The summed E-state index contributed by atoms with van der Waals surface area (Å²) in [6, 6.07) is 27.0. The molecule has 0 radical (unpaired) electrons. The number of rotatable bonds is 8. The zero-order chi connectivity index (χ0) is 24.6. The number of methoxy groups -OCH3 is 1. The molecule has 4 aromatic rings. The molecule has 0 bridgehead atoms. The molecule has 1 heterocycles. The van der Waals surface area contributed by atoms with Crippen LogP contribution in [0.15, 0.2) is 91.0 Å². The van der Waals surface area contributed by atoms with Gasteiger partial charge in [0.2, 0.25) is 5.91 Å². The molecule has 1 aromatic heterocycles. The van der Waals surface area contributed by atoms with E-state index in [1.807, 2.05) is 91.9 Å². The van der Waals surface area contributed by atoms with Gasteiger partial charge < -0.3 is 14.8 Å². The van der Waals surface area contributed by atoms with Crippen molar-refractivity contribution in [1.29, 1.82) is 0 Å². The molecule has 0 saturated carbocycles. The van der Waals surface area contributed by atoms with Crippen molar-refractivity contribution in [2.45, 2.75) is 13.5 Å². The molecule has 1 amide bonds. The number of ether oxygens (including phenoxy) is 2. The van der Waals surface area contributed by atoms with Crippen molar-refractivity contribution in [3.63, 3.8) is 0 Å². The number of anilines is 1. The molecule has 3 aromatic carbocycles. The van der Waals surface area contributed by atoms with E-state index in [4.69, 9.17) is 9.47 Å². The fourth-order valence-corrected chi connectivity index (χ4v) is 4.69. The quantitative estimate of drug-likeness (QED) is 0.223. The van der Waals surface area contributed by atoms with Crippen molar-refractivity contribution in [1.82, 2.24) is 0 Å². The van der Waals surface area contributed by atoms with Gasteiger partial charge in [0.25, 0.3) is 0 Å². The van der Waals surface area contributed by atoms with Crippen LogP contribution in [0.1, 0.15) is 26.4 Å². The summed E-state index contributed by atoms with van der Waals surface area (Å²) >= 11 is 1.35. The molecule has 0 fully saturated rings. The molecule has 0 atom stereocenters. The van der Waals surface area contributed by atoms with E-state index in [-0.39, 0.29) is 5.91 Å². The number of hydrogen-bond donors (Lipinski definition) is 1. The van der Waals surface area contributed by atoms with Crippen LogP contribution in [0.2, 0.25) is 0 Å². The normalized spacial score (nSPS) is 10.8. The SMILES string of the molecule is COC(=O)c1c(NC(=O)/C=C/c2ccc(OCc3ccccc3)cc2)sc(C)c1-c1ccccc1. The van der Waals surface area contributed by atoms with Crippen LogP contribution in [0, 0.1) is 6.92 Å². The van der Waals surface area contributed by atoms with Crippen LogP contribution in [-0.4, -0.2) is 19.0 Å². The summed E-state index contributed by atoms with van der Waals surface area (Å²) in [5.74, 6) is -0.0698. The monoisotopic (exact) mass is 483 g/mol. The Kier molecular flexibility index (Phi) is 7.75. The maximum absolute atomic E-state index is 12.7. The van der Waals surface area contributed by atoms with E-state index in [1.165, 1.54) is 24.5 Å². The first-order chi connectivity index (χ1) is 17.0. The highest BCUT2D eigenvalue weighted by Crippen LogP contribution is 2.40. The van der Waals surface area contributed by atoms with Crippen molar-refractivity contribution in [2.75, 3.05) is 12.4 Å². The average Bonchev–Trinajstić information content (AvgIpc) is 3.22. The maximum Gasteiger partial charge on any atom is 0.341 e. The van der Waals surface area contributed by atoms with Gasteiger partial charge >= 0.3 is 5.97 Å². The van der Waals surface area contributed by atoms with Gasteiger partial charge in [-0.15, -0.1) is 11.3 Å². The Labute approximate surface area is 208 Å².